The Hall–Kier alpha value is -3.48. The highest BCUT2D eigenvalue weighted by Gasteiger charge is 2.14. The van der Waals surface area contributed by atoms with E-state index in [-0.39, 0.29) is 0 Å². The summed E-state index contributed by atoms with van der Waals surface area (Å²) in [5.41, 5.74) is 2.62. The maximum absolute atomic E-state index is 5.38. The molecule has 2 N–H and O–H groups in total. The predicted molar refractivity (Wildman–Crippen MR) is 106 cm³/mol. The molecule has 0 amide bonds. The van der Waals surface area contributed by atoms with Gasteiger partial charge in [-0.2, -0.15) is 4.98 Å². The van der Waals surface area contributed by atoms with Crippen molar-refractivity contribution in [1.29, 1.82) is 0 Å². The molecule has 0 saturated carbocycles. The summed E-state index contributed by atoms with van der Waals surface area (Å²) in [6.07, 6.45) is 1.76. The largest absolute Gasteiger partial charge is 0.493 e. The van der Waals surface area contributed by atoms with E-state index in [0.29, 0.717) is 23.2 Å². The normalized spacial score (nSPS) is 10.2. The highest BCUT2D eigenvalue weighted by atomic mass is 16.5. The Kier molecular flexibility index (Phi) is 5.61. The minimum atomic E-state index is 0.452. The number of rotatable bonds is 7. The van der Waals surface area contributed by atoms with Crippen LogP contribution in [0.4, 0.5) is 23.1 Å². The Morgan fingerprint density at radius 2 is 1.48 bits per heavy atom. The van der Waals surface area contributed by atoms with Gasteiger partial charge in [0.1, 0.15) is 5.82 Å². The number of aryl methyl sites for hydroxylation is 1. The molecule has 140 valence electrons. The maximum atomic E-state index is 5.38. The van der Waals surface area contributed by atoms with Crippen molar-refractivity contribution in [2.75, 3.05) is 32.0 Å². The summed E-state index contributed by atoms with van der Waals surface area (Å²) in [5, 5.41) is 6.48. The SMILES string of the molecule is COc1cc(Nc2ncc(C)c(Nc3ccccc3)n2)cc(OC)c1OC. The first-order valence-corrected chi connectivity index (χ1v) is 8.37. The average Bonchev–Trinajstić information content (AvgIpc) is 2.70. The Balaban J connectivity index is 1.89. The summed E-state index contributed by atoms with van der Waals surface area (Å²) in [6, 6.07) is 13.5. The van der Waals surface area contributed by atoms with Crippen LogP contribution in [-0.4, -0.2) is 31.3 Å². The number of para-hydroxylation sites is 1. The molecule has 7 heteroatoms. The zero-order valence-electron chi connectivity index (χ0n) is 15.7. The standard InChI is InChI=1S/C20H22N4O3/c1-13-12-21-20(24-19(13)22-14-8-6-5-7-9-14)23-15-10-16(25-2)18(27-4)17(11-15)26-3/h5-12H,1-4H3,(H2,21,22,23,24). The lowest BCUT2D eigenvalue weighted by Crippen LogP contribution is -2.03. The Morgan fingerprint density at radius 3 is 2.07 bits per heavy atom. The summed E-state index contributed by atoms with van der Waals surface area (Å²) >= 11 is 0. The molecule has 1 aromatic heterocycles. The molecule has 0 spiro atoms. The summed E-state index contributed by atoms with van der Waals surface area (Å²) < 4.78 is 16.1. The van der Waals surface area contributed by atoms with Gasteiger partial charge in [0.15, 0.2) is 11.5 Å². The monoisotopic (exact) mass is 366 g/mol. The highest BCUT2D eigenvalue weighted by Crippen LogP contribution is 2.40. The van der Waals surface area contributed by atoms with E-state index in [2.05, 4.69) is 20.6 Å². The van der Waals surface area contributed by atoms with Crippen molar-refractivity contribution in [3.05, 3.63) is 54.2 Å². The number of nitrogens with zero attached hydrogens (tertiary/aromatic N) is 2. The zero-order chi connectivity index (χ0) is 19.2. The van der Waals surface area contributed by atoms with Crippen LogP contribution in [0.5, 0.6) is 17.2 Å². The maximum Gasteiger partial charge on any atom is 0.229 e. The number of aromatic nitrogens is 2. The fraction of sp³-hybridized carbons (Fsp3) is 0.200. The number of hydrogen-bond acceptors (Lipinski definition) is 7. The molecule has 0 saturated heterocycles. The predicted octanol–water partition coefficient (Wildman–Crippen LogP) is 4.30. The fourth-order valence-corrected chi connectivity index (χ4v) is 2.57. The van der Waals surface area contributed by atoms with Gasteiger partial charge in [-0.1, -0.05) is 18.2 Å². The second-order valence-corrected chi connectivity index (χ2v) is 5.76. The minimum absolute atomic E-state index is 0.452. The number of nitrogens with one attached hydrogen (secondary N) is 2. The number of methoxy groups -OCH3 is 3. The van der Waals surface area contributed by atoms with Crippen LogP contribution in [0.25, 0.3) is 0 Å². The van der Waals surface area contributed by atoms with Crippen LogP contribution in [0, 0.1) is 6.92 Å². The van der Waals surface area contributed by atoms with Gasteiger partial charge in [0.25, 0.3) is 0 Å². The van der Waals surface area contributed by atoms with Crippen LogP contribution in [0.1, 0.15) is 5.56 Å². The van der Waals surface area contributed by atoms with Gasteiger partial charge in [0.05, 0.1) is 21.3 Å². The molecule has 0 atom stereocenters. The van der Waals surface area contributed by atoms with E-state index in [4.69, 9.17) is 14.2 Å². The first kappa shape index (κ1) is 18.3. The molecule has 0 aliphatic rings. The fourth-order valence-electron chi connectivity index (χ4n) is 2.57. The van der Waals surface area contributed by atoms with E-state index in [1.54, 1.807) is 39.7 Å². The molecule has 0 unspecified atom stereocenters. The first-order valence-electron chi connectivity index (χ1n) is 8.37. The van der Waals surface area contributed by atoms with Crippen LogP contribution in [0.15, 0.2) is 48.7 Å². The van der Waals surface area contributed by atoms with E-state index >= 15 is 0 Å². The molecule has 0 fully saturated rings. The van der Waals surface area contributed by atoms with Gasteiger partial charge in [0, 0.05) is 35.3 Å². The molecule has 27 heavy (non-hydrogen) atoms. The minimum Gasteiger partial charge on any atom is -0.493 e. The van der Waals surface area contributed by atoms with E-state index in [0.717, 1.165) is 22.8 Å². The number of ether oxygens (including phenoxy) is 3. The number of benzene rings is 2. The van der Waals surface area contributed by atoms with Crippen molar-refractivity contribution in [2.45, 2.75) is 6.92 Å². The molecule has 0 radical (unpaired) electrons. The van der Waals surface area contributed by atoms with Gasteiger partial charge in [-0.15, -0.1) is 0 Å². The third kappa shape index (κ3) is 4.20. The zero-order valence-corrected chi connectivity index (χ0v) is 15.7. The van der Waals surface area contributed by atoms with Gasteiger partial charge in [-0.25, -0.2) is 4.98 Å². The third-order valence-electron chi connectivity index (χ3n) is 3.93. The lowest BCUT2D eigenvalue weighted by atomic mass is 10.2. The van der Waals surface area contributed by atoms with E-state index in [1.807, 2.05) is 37.3 Å². The van der Waals surface area contributed by atoms with Gasteiger partial charge < -0.3 is 24.8 Å². The van der Waals surface area contributed by atoms with Crippen LogP contribution in [0.2, 0.25) is 0 Å². The van der Waals surface area contributed by atoms with Crippen LogP contribution >= 0.6 is 0 Å². The summed E-state index contributed by atoms with van der Waals surface area (Å²) in [6.45, 7) is 1.95. The molecule has 0 bridgehead atoms. The van der Waals surface area contributed by atoms with Gasteiger partial charge >= 0.3 is 0 Å². The molecular weight excluding hydrogens is 344 g/mol. The van der Waals surface area contributed by atoms with Crippen molar-refractivity contribution in [3.8, 4) is 17.2 Å². The van der Waals surface area contributed by atoms with Crippen molar-refractivity contribution in [1.82, 2.24) is 9.97 Å². The smallest absolute Gasteiger partial charge is 0.229 e. The lowest BCUT2D eigenvalue weighted by molar-refractivity contribution is 0.324. The van der Waals surface area contributed by atoms with Gasteiger partial charge in [-0.3, -0.25) is 0 Å². The third-order valence-corrected chi connectivity index (χ3v) is 3.93. The van der Waals surface area contributed by atoms with Crippen LogP contribution in [-0.2, 0) is 0 Å². The quantitative estimate of drug-likeness (QED) is 0.645. The second kappa shape index (κ2) is 8.27. The lowest BCUT2D eigenvalue weighted by Gasteiger charge is -2.15. The van der Waals surface area contributed by atoms with E-state index in [1.165, 1.54) is 0 Å². The first-order chi connectivity index (χ1) is 13.1. The van der Waals surface area contributed by atoms with Crippen molar-refractivity contribution in [2.24, 2.45) is 0 Å². The topological polar surface area (TPSA) is 77.5 Å². The van der Waals surface area contributed by atoms with Crippen molar-refractivity contribution >= 4 is 23.1 Å². The molecule has 0 aliphatic carbocycles. The van der Waals surface area contributed by atoms with Crippen molar-refractivity contribution < 1.29 is 14.2 Å². The van der Waals surface area contributed by atoms with Crippen LogP contribution < -0.4 is 24.8 Å². The molecular formula is C20H22N4O3. The molecule has 3 rings (SSSR count). The van der Waals surface area contributed by atoms with E-state index < -0.39 is 0 Å². The second-order valence-electron chi connectivity index (χ2n) is 5.76. The summed E-state index contributed by atoms with van der Waals surface area (Å²) in [4.78, 5) is 8.92. The Labute approximate surface area is 158 Å². The van der Waals surface area contributed by atoms with Crippen LogP contribution in [0.3, 0.4) is 0 Å². The van der Waals surface area contributed by atoms with E-state index in [9.17, 15) is 0 Å². The Bertz CT molecular complexity index is 891. The number of anilines is 4. The molecule has 7 nitrogen and oxygen atoms in total. The summed E-state index contributed by atoms with van der Waals surface area (Å²) in [5.74, 6) is 2.81. The van der Waals surface area contributed by atoms with Gasteiger partial charge in [-0.05, 0) is 19.1 Å². The average molecular weight is 366 g/mol. The molecule has 3 aromatic rings. The van der Waals surface area contributed by atoms with Crippen molar-refractivity contribution in [3.63, 3.8) is 0 Å². The molecule has 0 aliphatic heterocycles. The molecule has 1 heterocycles. The Morgan fingerprint density at radius 1 is 0.815 bits per heavy atom. The molecule has 2 aromatic carbocycles. The number of hydrogen-bond donors (Lipinski definition) is 2. The van der Waals surface area contributed by atoms with Gasteiger partial charge in [0.2, 0.25) is 11.7 Å². The highest BCUT2D eigenvalue weighted by molar-refractivity contribution is 5.67. The summed E-state index contributed by atoms with van der Waals surface area (Å²) in [7, 11) is 4.72.